The second kappa shape index (κ2) is 9.15. The number of halogens is 3. The van der Waals surface area contributed by atoms with Crippen LogP contribution in [0, 0.1) is 5.92 Å². The van der Waals surface area contributed by atoms with Crippen LogP contribution in [0.5, 0.6) is 0 Å². The predicted octanol–water partition coefficient (Wildman–Crippen LogP) is 3.16. The highest BCUT2D eigenvalue weighted by molar-refractivity contribution is 5.94. The van der Waals surface area contributed by atoms with E-state index in [0.29, 0.717) is 38.6 Å². The maximum Gasteiger partial charge on any atom is 0.416 e. The molecule has 0 bridgehead atoms. The lowest BCUT2D eigenvalue weighted by Gasteiger charge is -2.40. The van der Waals surface area contributed by atoms with Crippen molar-refractivity contribution in [2.24, 2.45) is 5.92 Å². The monoisotopic (exact) mass is 411 g/mol. The predicted molar refractivity (Wildman–Crippen MR) is 103 cm³/mol. The topological polar surface area (TPSA) is 52.7 Å². The average Bonchev–Trinajstić information content (AvgIpc) is 3.22. The van der Waals surface area contributed by atoms with Gasteiger partial charge in [0.05, 0.1) is 11.6 Å². The molecule has 2 amide bonds. The number of piperazine rings is 1. The number of hydrogen-bond acceptors (Lipinski definition) is 3. The molecule has 8 heteroatoms. The lowest BCUT2D eigenvalue weighted by atomic mass is 9.95. The maximum absolute atomic E-state index is 12.7. The second-order valence-corrected chi connectivity index (χ2v) is 7.79. The molecular weight excluding hydrogens is 383 g/mol. The summed E-state index contributed by atoms with van der Waals surface area (Å²) in [7, 11) is 0. The van der Waals surface area contributed by atoms with Gasteiger partial charge in [-0.05, 0) is 49.9 Å². The van der Waals surface area contributed by atoms with Crippen LogP contribution in [0.2, 0.25) is 0 Å². The molecule has 5 nitrogen and oxygen atoms in total. The van der Waals surface area contributed by atoms with Gasteiger partial charge in [-0.2, -0.15) is 13.2 Å². The van der Waals surface area contributed by atoms with E-state index in [4.69, 9.17) is 0 Å². The molecule has 0 spiro atoms. The van der Waals surface area contributed by atoms with Crippen molar-refractivity contribution in [2.75, 3.05) is 32.7 Å². The van der Waals surface area contributed by atoms with E-state index in [1.807, 2.05) is 6.92 Å². The van der Waals surface area contributed by atoms with Crippen LogP contribution in [0.1, 0.15) is 48.5 Å². The van der Waals surface area contributed by atoms with Gasteiger partial charge in [-0.25, -0.2) is 0 Å². The van der Waals surface area contributed by atoms with Crippen molar-refractivity contribution in [1.82, 2.24) is 15.1 Å². The first-order valence-electron chi connectivity index (χ1n) is 10.3. The average molecular weight is 411 g/mol. The largest absolute Gasteiger partial charge is 0.416 e. The molecule has 1 aromatic carbocycles. The quantitative estimate of drug-likeness (QED) is 0.810. The Morgan fingerprint density at radius 2 is 1.66 bits per heavy atom. The van der Waals surface area contributed by atoms with Crippen LogP contribution in [0.4, 0.5) is 13.2 Å². The third-order valence-corrected chi connectivity index (χ3v) is 5.92. The van der Waals surface area contributed by atoms with Crippen LogP contribution in [-0.4, -0.2) is 60.4 Å². The van der Waals surface area contributed by atoms with Gasteiger partial charge in [0.2, 0.25) is 5.91 Å². The minimum atomic E-state index is -4.42. The van der Waals surface area contributed by atoms with Crippen molar-refractivity contribution in [1.29, 1.82) is 0 Å². The number of rotatable bonds is 5. The summed E-state index contributed by atoms with van der Waals surface area (Å²) in [5.74, 6) is 0.134. The minimum Gasteiger partial charge on any atom is -0.355 e. The standard InChI is InChI=1S/C21H28F3N3O2/c1-2-25-19(28)18(15-5-3-4-6-15)26-11-13-27(14-12-26)20(29)16-7-9-17(10-8-16)21(22,23)24/h7-10,15,18H,2-6,11-14H2,1H3,(H,25,28). The Morgan fingerprint density at radius 1 is 1.07 bits per heavy atom. The Labute approximate surface area is 169 Å². The third-order valence-electron chi connectivity index (χ3n) is 5.92. The van der Waals surface area contributed by atoms with Crippen LogP contribution in [0.3, 0.4) is 0 Å². The first-order chi connectivity index (χ1) is 13.8. The van der Waals surface area contributed by atoms with E-state index >= 15 is 0 Å². The fraction of sp³-hybridized carbons (Fsp3) is 0.619. The SMILES string of the molecule is CCNC(=O)C(C1CCCC1)N1CCN(C(=O)c2ccc(C(F)(F)F)cc2)CC1. The molecule has 160 valence electrons. The maximum atomic E-state index is 12.7. The van der Waals surface area contributed by atoms with Gasteiger partial charge in [-0.1, -0.05) is 12.8 Å². The molecular formula is C21H28F3N3O2. The number of likely N-dealkylation sites (N-methyl/N-ethyl adjacent to an activating group) is 1. The lowest BCUT2D eigenvalue weighted by molar-refractivity contribution is -0.137. The smallest absolute Gasteiger partial charge is 0.355 e. The molecule has 1 atom stereocenters. The van der Waals surface area contributed by atoms with Gasteiger partial charge in [0.25, 0.3) is 5.91 Å². The van der Waals surface area contributed by atoms with Crippen LogP contribution < -0.4 is 5.32 Å². The number of hydrogen-bond donors (Lipinski definition) is 1. The van der Waals surface area contributed by atoms with E-state index < -0.39 is 11.7 Å². The van der Waals surface area contributed by atoms with Gasteiger partial charge < -0.3 is 10.2 Å². The fourth-order valence-electron chi connectivity index (χ4n) is 4.42. The van der Waals surface area contributed by atoms with Gasteiger partial charge in [0, 0.05) is 38.3 Å². The normalized spacial score (nSPS) is 19.9. The number of carbonyl (C=O) groups is 2. The number of nitrogens with zero attached hydrogens (tertiary/aromatic N) is 2. The summed E-state index contributed by atoms with van der Waals surface area (Å²) in [6.07, 6.45) is -0.0274. The molecule has 29 heavy (non-hydrogen) atoms. The minimum absolute atomic E-state index is 0.0573. The third kappa shape index (κ3) is 5.10. The first-order valence-corrected chi connectivity index (χ1v) is 10.3. The Hall–Kier alpha value is -2.09. The number of carbonyl (C=O) groups excluding carboxylic acids is 2. The zero-order chi connectivity index (χ0) is 21.0. The van der Waals surface area contributed by atoms with E-state index in [1.54, 1.807) is 4.90 Å². The Morgan fingerprint density at radius 3 is 2.17 bits per heavy atom. The molecule has 2 fully saturated rings. The number of nitrogens with one attached hydrogen (secondary N) is 1. The van der Waals surface area contributed by atoms with Crippen molar-refractivity contribution in [2.45, 2.75) is 44.8 Å². The number of alkyl halides is 3. The summed E-state index contributed by atoms with van der Waals surface area (Å²) in [5, 5.41) is 2.94. The Bertz CT molecular complexity index is 707. The molecule has 1 aliphatic heterocycles. The van der Waals surface area contributed by atoms with E-state index in [0.717, 1.165) is 37.8 Å². The van der Waals surface area contributed by atoms with Gasteiger partial charge in [0.1, 0.15) is 0 Å². The molecule has 3 rings (SSSR count). The van der Waals surface area contributed by atoms with E-state index in [9.17, 15) is 22.8 Å². The van der Waals surface area contributed by atoms with Crippen LogP contribution in [0.15, 0.2) is 24.3 Å². The zero-order valence-electron chi connectivity index (χ0n) is 16.7. The van der Waals surface area contributed by atoms with Crippen molar-refractivity contribution >= 4 is 11.8 Å². The number of amides is 2. The summed E-state index contributed by atoms with van der Waals surface area (Å²) < 4.78 is 38.1. The van der Waals surface area contributed by atoms with E-state index in [2.05, 4.69) is 10.2 Å². The highest BCUT2D eigenvalue weighted by Gasteiger charge is 2.37. The molecule has 1 N–H and O–H groups in total. The van der Waals surface area contributed by atoms with Gasteiger partial charge in [-0.15, -0.1) is 0 Å². The van der Waals surface area contributed by atoms with E-state index in [1.165, 1.54) is 12.1 Å². The summed E-state index contributed by atoms with van der Waals surface area (Å²) in [5.41, 5.74) is -0.511. The van der Waals surface area contributed by atoms with Gasteiger partial charge in [-0.3, -0.25) is 14.5 Å². The highest BCUT2D eigenvalue weighted by Crippen LogP contribution is 2.31. The van der Waals surface area contributed by atoms with Gasteiger partial charge >= 0.3 is 6.18 Å². The van der Waals surface area contributed by atoms with Crippen molar-refractivity contribution in [3.63, 3.8) is 0 Å². The Balaban J connectivity index is 1.62. The summed E-state index contributed by atoms with van der Waals surface area (Å²) in [6, 6.07) is 4.17. The Kier molecular flexibility index (Phi) is 6.82. The zero-order valence-corrected chi connectivity index (χ0v) is 16.7. The molecule has 1 unspecified atom stereocenters. The lowest BCUT2D eigenvalue weighted by Crippen LogP contribution is -2.58. The van der Waals surface area contributed by atoms with Crippen molar-refractivity contribution in [3.05, 3.63) is 35.4 Å². The first kappa shape index (κ1) is 21.6. The fourth-order valence-corrected chi connectivity index (χ4v) is 4.42. The highest BCUT2D eigenvalue weighted by atomic mass is 19.4. The number of benzene rings is 1. The molecule has 1 saturated carbocycles. The molecule has 0 radical (unpaired) electrons. The molecule has 0 aromatic heterocycles. The summed E-state index contributed by atoms with van der Waals surface area (Å²) in [4.78, 5) is 29.2. The van der Waals surface area contributed by atoms with E-state index in [-0.39, 0.29) is 23.4 Å². The summed E-state index contributed by atoms with van der Waals surface area (Å²) in [6.45, 7) is 4.60. The second-order valence-electron chi connectivity index (χ2n) is 7.79. The molecule has 1 saturated heterocycles. The van der Waals surface area contributed by atoms with Crippen molar-refractivity contribution < 1.29 is 22.8 Å². The van der Waals surface area contributed by atoms with Crippen LogP contribution in [0.25, 0.3) is 0 Å². The summed E-state index contributed by atoms with van der Waals surface area (Å²) >= 11 is 0. The van der Waals surface area contributed by atoms with Crippen LogP contribution in [-0.2, 0) is 11.0 Å². The molecule has 1 aromatic rings. The van der Waals surface area contributed by atoms with Crippen LogP contribution >= 0.6 is 0 Å². The van der Waals surface area contributed by atoms with Crippen molar-refractivity contribution in [3.8, 4) is 0 Å². The van der Waals surface area contributed by atoms with Gasteiger partial charge in [0.15, 0.2) is 0 Å². The molecule has 1 aliphatic carbocycles. The molecule has 2 aliphatic rings. The molecule has 1 heterocycles.